The summed E-state index contributed by atoms with van der Waals surface area (Å²) < 4.78 is 25.8. The third-order valence-electron chi connectivity index (χ3n) is 2.89. The van der Waals surface area contributed by atoms with Crippen molar-refractivity contribution >= 4 is 21.1 Å². The third-order valence-corrected chi connectivity index (χ3v) is 4.36. The van der Waals surface area contributed by atoms with Gasteiger partial charge in [0.25, 0.3) is 0 Å². The maximum atomic E-state index is 11.6. The van der Waals surface area contributed by atoms with Crippen molar-refractivity contribution in [2.75, 3.05) is 12.3 Å². The van der Waals surface area contributed by atoms with E-state index in [1.807, 2.05) is 31.2 Å². The molecule has 0 aliphatic carbocycles. The first kappa shape index (κ1) is 14.0. The topological polar surface area (TPSA) is 74.8 Å². The first-order valence-electron chi connectivity index (χ1n) is 6.51. The largest absolute Gasteiger partial charge is 0.342 e. The minimum atomic E-state index is -3.14. The quantitative estimate of drug-likeness (QED) is 0.813. The van der Waals surface area contributed by atoms with E-state index in [0.29, 0.717) is 19.4 Å². The minimum absolute atomic E-state index is 0.198. The van der Waals surface area contributed by atoms with Gasteiger partial charge < -0.3 is 4.98 Å². The number of H-pyrrole nitrogens is 1. The first-order valence-corrected chi connectivity index (χ1v) is 8.17. The summed E-state index contributed by atoms with van der Waals surface area (Å²) in [7, 11) is -3.14. The second kappa shape index (κ2) is 6.16. The lowest BCUT2D eigenvalue weighted by atomic mass is 10.3. The zero-order valence-electron chi connectivity index (χ0n) is 11.0. The van der Waals surface area contributed by atoms with Crippen LogP contribution in [-0.4, -0.2) is 30.7 Å². The van der Waals surface area contributed by atoms with Crippen molar-refractivity contribution in [1.29, 1.82) is 0 Å². The Hall–Kier alpha value is -1.40. The highest BCUT2D eigenvalue weighted by Gasteiger charge is 2.09. The van der Waals surface area contributed by atoms with Gasteiger partial charge in [-0.1, -0.05) is 25.5 Å². The van der Waals surface area contributed by atoms with Gasteiger partial charge in [0, 0.05) is 13.0 Å². The van der Waals surface area contributed by atoms with Crippen molar-refractivity contribution in [3.63, 3.8) is 0 Å². The predicted molar refractivity (Wildman–Crippen MR) is 76.5 cm³/mol. The number of hydrogen-bond donors (Lipinski definition) is 2. The fourth-order valence-corrected chi connectivity index (χ4v) is 3.08. The Kier molecular flexibility index (Phi) is 4.55. The molecule has 2 rings (SSSR count). The smallest absolute Gasteiger partial charge is 0.211 e. The molecular formula is C13H19N3O2S. The lowest BCUT2D eigenvalue weighted by Crippen LogP contribution is -2.28. The molecule has 0 amide bonds. The number of nitrogens with one attached hydrogen (secondary N) is 2. The summed E-state index contributed by atoms with van der Waals surface area (Å²) in [5, 5.41) is 0. The molecule has 2 N–H and O–H groups in total. The number of benzene rings is 1. The van der Waals surface area contributed by atoms with Gasteiger partial charge in [-0.05, 0) is 18.6 Å². The molecule has 0 fully saturated rings. The molecule has 5 nitrogen and oxygen atoms in total. The first-order chi connectivity index (χ1) is 9.11. The van der Waals surface area contributed by atoms with E-state index < -0.39 is 10.0 Å². The number of sulfonamides is 1. The minimum Gasteiger partial charge on any atom is -0.342 e. The molecule has 0 spiro atoms. The second-order valence-corrected chi connectivity index (χ2v) is 6.44. The molecule has 0 saturated heterocycles. The van der Waals surface area contributed by atoms with Gasteiger partial charge in [-0.3, -0.25) is 0 Å². The van der Waals surface area contributed by atoms with E-state index in [1.54, 1.807) is 0 Å². The van der Waals surface area contributed by atoms with Gasteiger partial charge in [0.05, 0.1) is 16.8 Å². The van der Waals surface area contributed by atoms with Crippen molar-refractivity contribution in [1.82, 2.24) is 14.7 Å². The maximum Gasteiger partial charge on any atom is 0.211 e. The molecule has 0 atom stereocenters. The van der Waals surface area contributed by atoms with Crippen LogP contribution in [-0.2, 0) is 16.4 Å². The van der Waals surface area contributed by atoms with Crippen molar-refractivity contribution in [3.8, 4) is 0 Å². The molecule has 2 aromatic rings. The summed E-state index contributed by atoms with van der Waals surface area (Å²) in [5.74, 6) is 1.00. The van der Waals surface area contributed by atoms with Crippen molar-refractivity contribution in [2.24, 2.45) is 0 Å². The maximum absolute atomic E-state index is 11.6. The zero-order chi connectivity index (χ0) is 13.7. The summed E-state index contributed by atoms with van der Waals surface area (Å²) in [6.07, 6.45) is 2.14. The van der Waals surface area contributed by atoms with E-state index in [9.17, 15) is 8.42 Å². The number of fused-ring (bicyclic) bond motifs is 1. The Morgan fingerprint density at radius 2 is 2.11 bits per heavy atom. The fraction of sp³-hybridized carbons (Fsp3) is 0.462. The molecule has 1 aromatic carbocycles. The van der Waals surface area contributed by atoms with E-state index in [1.165, 1.54) is 0 Å². The van der Waals surface area contributed by atoms with Crippen LogP contribution < -0.4 is 4.72 Å². The molecular weight excluding hydrogens is 262 g/mol. The van der Waals surface area contributed by atoms with E-state index in [0.717, 1.165) is 23.3 Å². The molecule has 1 heterocycles. The number of aromatic amines is 1. The monoisotopic (exact) mass is 281 g/mol. The van der Waals surface area contributed by atoms with E-state index in [2.05, 4.69) is 14.7 Å². The van der Waals surface area contributed by atoms with Crippen LogP contribution in [0.3, 0.4) is 0 Å². The van der Waals surface area contributed by atoms with Crippen LogP contribution in [0.15, 0.2) is 24.3 Å². The van der Waals surface area contributed by atoms with Crippen LogP contribution in [0.1, 0.15) is 25.6 Å². The molecule has 0 aliphatic rings. The average molecular weight is 281 g/mol. The lowest BCUT2D eigenvalue weighted by Gasteiger charge is -2.04. The molecule has 0 aliphatic heterocycles. The van der Waals surface area contributed by atoms with Crippen LogP contribution in [0.5, 0.6) is 0 Å². The average Bonchev–Trinajstić information content (AvgIpc) is 2.78. The van der Waals surface area contributed by atoms with E-state index in [-0.39, 0.29) is 5.75 Å². The van der Waals surface area contributed by atoms with Crippen LogP contribution in [0.2, 0.25) is 0 Å². The number of hydrogen-bond acceptors (Lipinski definition) is 3. The van der Waals surface area contributed by atoms with Crippen LogP contribution in [0, 0.1) is 0 Å². The summed E-state index contributed by atoms with van der Waals surface area (Å²) in [6.45, 7) is 2.36. The highest BCUT2D eigenvalue weighted by Crippen LogP contribution is 2.10. The highest BCUT2D eigenvalue weighted by molar-refractivity contribution is 7.89. The molecule has 6 heteroatoms. The third kappa shape index (κ3) is 4.04. The molecule has 19 heavy (non-hydrogen) atoms. The van der Waals surface area contributed by atoms with Crippen LogP contribution >= 0.6 is 0 Å². The van der Waals surface area contributed by atoms with Gasteiger partial charge in [0.15, 0.2) is 0 Å². The van der Waals surface area contributed by atoms with Crippen LogP contribution in [0.4, 0.5) is 0 Å². The van der Waals surface area contributed by atoms with Gasteiger partial charge in [-0.2, -0.15) is 0 Å². The molecule has 0 unspecified atom stereocenters. The number of nitrogens with zero attached hydrogens (tertiary/aromatic N) is 1. The van der Waals surface area contributed by atoms with Gasteiger partial charge in [0.2, 0.25) is 10.0 Å². The Morgan fingerprint density at radius 1 is 1.32 bits per heavy atom. The number of imidazole rings is 1. The lowest BCUT2D eigenvalue weighted by molar-refractivity contribution is 0.577. The standard InChI is InChI=1S/C13H19N3O2S/c1-2-3-10-19(17,18)14-9-8-13-15-11-6-4-5-7-12(11)16-13/h4-7,14H,2-3,8-10H2,1H3,(H,15,16). The second-order valence-electron chi connectivity index (χ2n) is 4.52. The predicted octanol–water partition coefficient (Wildman–Crippen LogP) is 1.82. The van der Waals surface area contributed by atoms with E-state index >= 15 is 0 Å². The Bertz CT molecular complexity index is 601. The van der Waals surface area contributed by atoms with Crippen molar-refractivity contribution in [2.45, 2.75) is 26.2 Å². The Balaban J connectivity index is 1.89. The van der Waals surface area contributed by atoms with Crippen molar-refractivity contribution in [3.05, 3.63) is 30.1 Å². The Labute approximate surface area is 113 Å². The zero-order valence-corrected chi connectivity index (χ0v) is 11.8. The number of rotatable bonds is 7. The van der Waals surface area contributed by atoms with Crippen LogP contribution in [0.25, 0.3) is 11.0 Å². The molecule has 1 aromatic heterocycles. The van der Waals surface area contributed by atoms with Gasteiger partial charge >= 0.3 is 0 Å². The fourth-order valence-electron chi connectivity index (χ4n) is 1.86. The van der Waals surface area contributed by atoms with Gasteiger partial charge in [-0.25, -0.2) is 18.1 Å². The summed E-state index contributed by atoms with van der Waals surface area (Å²) in [5.41, 5.74) is 1.89. The Morgan fingerprint density at radius 3 is 2.84 bits per heavy atom. The summed E-state index contributed by atoms with van der Waals surface area (Å²) >= 11 is 0. The molecule has 0 bridgehead atoms. The molecule has 104 valence electrons. The molecule has 0 radical (unpaired) electrons. The highest BCUT2D eigenvalue weighted by atomic mass is 32.2. The van der Waals surface area contributed by atoms with Gasteiger partial charge in [0.1, 0.15) is 5.82 Å². The SMILES string of the molecule is CCCCS(=O)(=O)NCCc1nc2ccccc2[nH]1. The summed E-state index contributed by atoms with van der Waals surface area (Å²) in [6, 6.07) is 7.76. The number of unbranched alkanes of at least 4 members (excludes halogenated alkanes) is 1. The van der Waals surface area contributed by atoms with Crippen molar-refractivity contribution < 1.29 is 8.42 Å². The molecule has 0 saturated carbocycles. The van der Waals surface area contributed by atoms with Gasteiger partial charge in [-0.15, -0.1) is 0 Å². The number of aromatic nitrogens is 2. The van der Waals surface area contributed by atoms with E-state index in [4.69, 9.17) is 0 Å². The normalized spacial score (nSPS) is 12.1. The number of para-hydroxylation sites is 2. The summed E-state index contributed by atoms with van der Waals surface area (Å²) in [4.78, 5) is 7.58.